The van der Waals surface area contributed by atoms with Crippen molar-refractivity contribution in [3.05, 3.63) is 41.6 Å². The summed E-state index contributed by atoms with van der Waals surface area (Å²) in [5.74, 6) is 3.06. The maximum atomic E-state index is 13.7. The number of aryl methyl sites for hydroxylation is 1. The van der Waals surface area contributed by atoms with Gasteiger partial charge in [0.25, 0.3) is 5.91 Å². The molecule has 2 saturated heterocycles. The summed E-state index contributed by atoms with van der Waals surface area (Å²) in [5.41, 5.74) is 11.9. The number of fused-ring (bicyclic) bond motifs is 4. The van der Waals surface area contributed by atoms with Crippen molar-refractivity contribution in [3.8, 4) is 17.3 Å². The molecule has 3 aromatic heterocycles. The number of pyridine rings is 1. The van der Waals surface area contributed by atoms with E-state index >= 15 is 0 Å². The predicted molar refractivity (Wildman–Crippen MR) is 157 cm³/mol. The zero-order chi connectivity index (χ0) is 27.8. The van der Waals surface area contributed by atoms with Crippen LogP contribution in [0.25, 0.3) is 33.6 Å². The number of benzene rings is 1. The van der Waals surface area contributed by atoms with Crippen LogP contribution < -0.4 is 10.5 Å². The van der Waals surface area contributed by atoms with Crippen LogP contribution in [0.4, 0.5) is 0 Å². The van der Waals surface area contributed by atoms with Gasteiger partial charge >= 0.3 is 0 Å². The fourth-order valence-electron chi connectivity index (χ4n) is 7.56. The smallest absolute Gasteiger partial charge is 0.254 e. The number of nitrogens with two attached hydrogens (primary N) is 1. The molecule has 1 amide bonds. The lowest BCUT2D eigenvalue weighted by Crippen LogP contribution is -2.41. The van der Waals surface area contributed by atoms with E-state index in [4.69, 9.17) is 25.2 Å². The third-order valence-electron chi connectivity index (χ3n) is 10.1. The van der Waals surface area contributed by atoms with Crippen LogP contribution in [-0.4, -0.2) is 68.9 Å². The second-order valence-corrected chi connectivity index (χ2v) is 12.6. The standard InChI is InChI=1S/C32H38N6O3/c1-36-29-24(13-22(15-27(29)40-2)32(39)38-17-21-6-8-25(38)28(21)33)35-31(36)26-14-20-5-7-23(19-9-11-41-12-10-19)34-30(20)37(26)16-18-3-4-18/h5,7,13-15,18-19,21,25,28H,3-4,6,8-12,16-17,33H2,1-2H3/t21-,25-,28-/m1/s1. The van der Waals surface area contributed by atoms with E-state index in [1.807, 2.05) is 24.1 Å². The van der Waals surface area contributed by atoms with Gasteiger partial charge in [0, 0.05) is 68.0 Å². The number of ether oxygens (including phenoxy) is 2. The third-order valence-corrected chi connectivity index (χ3v) is 10.1. The zero-order valence-electron chi connectivity index (χ0n) is 23.9. The van der Waals surface area contributed by atoms with Crippen molar-refractivity contribution >= 4 is 28.0 Å². The average molecular weight is 555 g/mol. The summed E-state index contributed by atoms with van der Waals surface area (Å²) >= 11 is 0. The van der Waals surface area contributed by atoms with Crippen LogP contribution in [0.15, 0.2) is 30.3 Å². The Balaban J connectivity index is 1.22. The Hall–Kier alpha value is -3.43. The molecule has 4 fully saturated rings. The molecule has 9 heteroatoms. The van der Waals surface area contributed by atoms with Gasteiger partial charge in [-0.05, 0) is 80.7 Å². The SMILES string of the molecule is COc1cc(C(=O)N2C[C@H]3CC[C@@H]2[C@@H]3N)cc2nc(-c3cc4ccc(C5CCOCC5)nc4n3CC3CC3)n(C)c12. The molecule has 2 bridgehead atoms. The van der Waals surface area contributed by atoms with E-state index in [0.29, 0.717) is 29.1 Å². The number of nitrogens with zero attached hydrogens (tertiary/aromatic N) is 5. The molecule has 1 aromatic carbocycles. The largest absolute Gasteiger partial charge is 0.494 e. The highest BCUT2D eigenvalue weighted by Crippen LogP contribution is 2.40. The van der Waals surface area contributed by atoms with Gasteiger partial charge in [0.05, 0.1) is 18.3 Å². The first-order chi connectivity index (χ1) is 20.0. The number of piperidine rings is 1. The van der Waals surface area contributed by atoms with Gasteiger partial charge in [-0.25, -0.2) is 9.97 Å². The minimum atomic E-state index is 0.0211. The number of hydrogen-bond acceptors (Lipinski definition) is 6. The van der Waals surface area contributed by atoms with Gasteiger partial charge in [0.15, 0.2) is 5.82 Å². The highest BCUT2D eigenvalue weighted by molar-refractivity contribution is 6.00. The minimum absolute atomic E-state index is 0.0211. The first-order valence-electron chi connectivity index (χ1n) is 15.2. The van der Waals surface area contributed by atoms with Crippen LogP contribution >= 0.6 is 0 Å². The van der Waals surface area contributed by atoms with E-state index in [2.05, 4.69) is 27.3 Å². The van der Waals surface area contributed by atoms with Gasteiger partial charge in [0.1, 0.15) is 16.9 Å². The summed E-state index contributed by atoms with van der Waals surface area (Å²) in [5, 5.41) is 1.13. The van der Waals surface area contributed by atoms with E-state index in [9.17, 15) is 4.79 Å². The molecule has 2 aliphatic heterocycles. The van der Waals surface area contributed by atoms with Crippen LogP contribution in [0.3, 0.4) is 0 Å². The molecule has 2 N–H and O–H groups in total. The number of imidazole rings is 1. The van der Waals surface area contributed by atoms with Gasteiger partial charge in [-0.2, -0.15) is 0 Å². The lowest BCUT2D eigenvalue weighted by atomic mass is 9.96. The van der Waals surface area contributed by atoms with E-state index < -0.39 is 0 Å². The summed E-state index contributed by atoms with van der Waals surface area (Å²) in [7, 11) is 3.70. The molecule has 8 rings (SSSR count). The Bertz CT molecular complexity index is 1660. The number of methoxy groups -OCH3 is 1. The average Bonchev–Trinajstić information content (AvgIpc) is 3.41. The van der Waals surface area contributed by atoms with Crippen molar-refractivity contribution in [1.29, 1.82) is 0 Å². The molecule has 0 radical (unpaired) electrons. The lowest BCUT2D eigenvalue weighted by Gasteiger charge is -2.27. The molecule has 214 valence electrons. The first kappa shape index (κ1) is 25.3. The first-order valence-corrected chi connectivity index (χ1v) is 15.2. The van der Waals surface area contributed by atoms with Gasteiger partial charge in [-0.1, -0.05) is 0 Å². The maximum Gasteiger partial charge on any atom is 0.254 e. The van der Waals surface area contributed by atoms with Gasteiger partial charge in [0.2, 0.25) is 0 Å². The van der Waals surface area contributed by atoms with Crippen molar-refractivity contribution in [2.75, 3.05) is 26.9 Å². The van der Waals surface area contributed by atoms with Crippen molar-refractivity contribution in [1.82, 2.24) is 24.0 Å². The number of amides is 1. The number of carbonyl (C=O) groups excluding carboxylic acids is 1. The predicted octanol–water partition coefficient (Wildman–Crippen LogP) is 4.46. The number of aromatic nitrogens is 4. The normalized spacial score (nSPS) is 24.7. The van der Waals surface area contributed by atoms with Crippen LogP contribution in [-0.2, 0) is 18.3 Å². The topological polar surface area (TPSA) is 100 Å². The molecule has 4 aromatic rings. The van der Waals surface area contributed by atoms with Crippen molar-refractivity contribution < 1.29 is 14.3 Å². The molecule has 41 heavy (non-hydrogen) atoms. The molecule has 9 nitrogen and oxygen atoms in total. The molecule has 0 spiro atoms. The molecular weight excluding hydrogens is 516 g/mol. The van der Waals surface area contributed by atoms with Gasteiger partial charge < -0.3 is 29.2 Å². The monoisotopic (exact) mass is 554 g/mol. The van der Waals surface area contributed by atoms with Crippen LogP contribution in [0.1, 0.15) is 60.5 Å². The Labute approximate surface area is 239 Å². The van der Waals surface area contributed by atoms with Gasteiger partial charge in [-0.15, -0.1) is 0 Å². The van der Waals surface area contributed by atoms with E-state index in [-0.39, 0.29) is 18.0 Å². The summed E-state index contributed by atoms with van der Waals surface area (Å²) in [6.45, 7) is 3.28. The second kappa shape index (κ2) is 9.56. The highest BCUT2D eigenvalue weighted by atomic mass is 16.5. The van der Waals surface area contributed by atoms with E-state index in [1.54, 1.807) is 7.11 Å². The molecular formula is C32H38N6O3. The summed E-state index contributed by atoms with van der Waals surface area (Å²) < 4.78 is 15.9. The van der Waals surface area contributed by atoms with Crippen molar-refractivity contribution in [2.24, 2.45) is 24.6 Å². The summed E-state index contributed by atoms with van der Waals surface area (Å²) in [6, 6.07) is 10.6. The fourth-order valence-corrected chi connectivity index (χ4v) is 7.56. The Morgan fingerprint density at radius 1 is 1.07 bits per heavy atom. The van der Waals surface area contributed by atoms with Gasteiger partial charge in [-0.3, -0.25) is 4.79 Å². The minimum Gasteiger partial charge on any atom is -0.494 e. The Morgan fingerprint density at radius 3 is 2.61 bits per heavy atom. The third kappa shape index (κ3) is 4.07. The van der Waals surface area contributed by atoms with Crippen molar-refractivity contribution in [2.45, 2.75) is 63.1 Å². The summed E-state index contributed by atoms with van der Waals surface area (Å²) in [6.07, 6.45) is 6.64. The van der Waals surface area contributed by atoms with Crippen LogP contribution in [0, 0.1) is 11.8 Å². The molecule has 0 unspecified atom stereocenters. The van der Waals surface area contributed by atoms with Crippen LogP contribution in [0.2, 0.25) is 0 Å². The van der Waals surface area contributed by atoms with Crippen LogP contribution in [0.5, 0.6) is 5.75 Å². The fraction of sp³-hybridized carbons (Fsp3) is 0.531. The molecule has 3 atom stereocenters. The number of rotatable bonds is 6. The Morgan fingerprint density at radius 2 is 1.90 bits per heavy atom. The quantitative estimate of drug-likeness (QED) is 0.378. The molecule has 2 aliphatic carbocycles. The second-order valence-electron chi connectivity index (χ2n) is 12.6. The maximum absolute atomic E-state index is 13.7. The zero-order valence-corrected chi connectivity index (χ0v) is 23.9. The molecule has 2 saturated carbocycles. The Kier molecular flexibility index (Phi) is 5.90. The van der Waals surface area contributed by atoms with E-state index in [0.717, 1.165) is 91.3 Å². The van der Waals surface area contributed by atoms with E-state index in [1.165, 1.54) is 12.8 Å². The lowest BCUT2D eigenvalue weighted by molar-refractivity contribution is 0.0700. The molecule has 4 aliphatic rings. The molecule has 5 heterocycles. The number of likely N-dealkylation sites (tertiary alicyclic amines) is 1. The number of carbonyl (C=O) groups is 1. The highest BCUT2D eigenvalue weighted by Gasteiger charge is 2.47. The van der Waals surface area contributed by atoms with Crippen molar-refractivity contribution in [3.63, 3.8) is 0 Å². The number of hydrogen-bond donors (Lipinski definition) is 1. The summed E-state index contributed by atoms with van der Waals surface area (Å²) in [4.78, 5) is 26.0.